The number of rotatable bonds is 5. The summed E-state index contributed by atoms with van der Waals surface area (Å²) in [4.78, 5) is 27.1. The molecule has 0 unspecified atom stereocenters. The van der Waals surface area contributed by atoms with Crippen LogP contribution in [0.25, 0.3) is 0 Å². The lowest BCUT2D eigenvalue weighted by molar-refractivity contribution is -0.116. The van der Waals surface area contributed by atoms with E-state index >= 15 is 0 Å². The standard InChI is InChI=1S/C21H24ClN3O2/c22-16-9-10-17(21(27)25-12-4-1-5-13-25)19(14-16)24-20(26)11-8-15-6-2-3-7-18(15)23/h2-3,6-7,9-10,14H,1,4-5,8,11-13,23H2,(H,24,26). The van der Waals surface area contributed by atoms with Crippen LogP contribution in [0.2, 0.25) is 5.02 Å². The Morgan fingerprint density at radius 3 is 2.56 bits per heavy atom. The Morgan fingerprint density at radius 2 is 1.81 bits per heavy atom. The SMILES string of the molecule is Nc1ccccc1CCC(=O)Nc1cc(Cl)ccc1C(=O)N1CCCCC1. The molecule has 27 heavy (non-hydrogen) atoms. The fourth-order valence-corrected chi connectivity index (χ4v) is 3.47. The van der Waals surface area contributed by atoms with Gasteiger partial charge in [0.2, 0.25) is 5.91 Å². The number of nitrogens with zero attached hydrogens (tertiary/aromatic N) is 1. The number of carbonyl (C=O) groups excluding carboxylic acids is 2. The van der Waals surface area contributed by atoms with Crippen LogP contribution in [-0.2, 0) is 11.2 Å². The monoisotopic (exact) mass is 385 g/mol. The van der Waals surface area contributed by atoms with Crippen LogP contribution in [0.5, 0.6) is 0 Å². The van der Waals surface area contributed by atoms with Crippen LogP contribution in [0.15, 0.2) is 42.5 Å². The van der Waals surface area contributed by atoms with Gasteiger partial charge in [-0.15, -0.1) is 0 Å². The van der Waals surface area contributed by atoms with Gasteiger partial charge in [0.05, 0.1) is 11.3 Å². The Bertz CT molecular complexity index is 832. The van der Waals surface area contributed by atoms with E-state index in [0.29, 0.717) is 28.4 Å². The number of nitrogens with one attached hydrogen (secondary N) is 1. The van der Waals surface area contributed by atoms with Gasteiger partial charge in [-0.1, -0.05) is 29.8 Å². The minimum Gasteiger partial charge on any atom is -0.399 e. The van der Waals surface area contributed by atoms with Gasteiger partial charge in [0, 0.05) is 30.2 Å². The molecule has 1 heterocycles. The number of nitrogen functional groups attached to an aromatic ring is 1. The first-order valence-corrected chi connectivity index (χ1v) is 9.64. The number of anilines is 2. The first-order valence-electron chi connectivity index (χ1n) is 9.26. The van der Waals surface area contributed by atoms with E-state index < -0.39 is 0 Å². The van der Waals surface area contributed by atoms with E-state index in [4.69, 9.17) is 17.3 Å². The van der Waals surface area contributed by atoms with E-state index in [2.05, 4.69) is 5.32 Å². The third-order valence-electron chi connectivity index (χ3n) is 4.81. The molecule has 0 bridgehead atoms. The molecule has 6 heteroatoms. The fraction of sp³-hybridized carbons (Fsp3) is 0.333. The number of likely N-dealkylation sites (tertiary alicyclic amines) is 1. The molecule has 142 valence electrons. The number of hydrogen-bond donors (Lipinski definition) is 2. The third kappa shape index (κ3) is 5.01. The predicted octanol–water partition coefficient (Wildman–Crippen LogP) is 4.12. The van der Waals surface area contributed by atoms with Crippen molar-refractivity contribution in [2.45, 2.75) is 32.1 Å². The number of nitrogens with two attached hydrogens (primary N) is 1. The maximum Gasteiger partial charge on any atom is 0.255 e. The van der Waals surface area contributed by atoms with Crippen molar-refractivity contribution in [3.8, 4) is 0 Å². The Kier molecular flexibility index (Phi) is 6.35. The average molecular weight is 386 g/mol. The maximum atomic E-state index is 12.9. The maximum absolute atomic E-state index is 12.9. The Morgan fingerprint density at radius 1 is 1.07 bits per heavy atom. The Balaban J connectivity index is 1.70. The molecule has 0 spiro atoms. The summed E-state index contributed by atoms with van der Waals surface area (Å²) >= 11 is 6.09. The molecule has 0 aliphatic carbocycles. The van der Waals surface area contributed by atoms with Crippen LogP contribution in [-0.4, -0.2) is 29.8 Å². The van der Waals surface area contributed by atoms with Gasteiger partial charge in [0.1, 0.15) is 0 Å². The highest BCUT2D eigenvalue weighted by Crippen LogP contribution is 2.24. The van der Waals surface area contributed by atoms with Crippen LogP contribution in [0.4, 0.5) is 11.4 Å². The zero-order valence-corrected chi connectivity index (χ0v) is 16.0. The zero-order valence-electron chi connectivity index (χ0n) is 15.2. The van der Waals surface area contributed by atoms with Crippen molar-refractivity contribution in [3.05, 3.63) is 58.6 Å². The highest BCUT2D eigenvalue weighted by Gasteiger charge is 2.21. The van der Waals surface area contributed by atoms with E-state index in [1.165, 1.54) is 0 Å². The van der Waals surface area contributed by atoms with Crippen LogP contribution in [0.1, 0.15) is 41.6 Å². The molecule has 2 amide bonds. The van der Waals surface area contributed by atoms with Gasteiger partial charge in [0.15, 0.2) is 0 Å². The second-order valence-electron chi connectivity index (χ2n) is 6.79. The lowest BCUT2D eigenvalue weighted by atomic mass is 10.1. The molecule has 1 aliphatic rings. The molecule has 3 N–H and O–H groups in total. The molecule has 0 atom stereocenters. The van der Waals surface area contributed by atoms with Crippen molar-refractivity contribution in [2.75, 3.05) is 24.1 Å². The van der Waals surface area contributed by atoms with Crippen molar-refractivity contribution in [3.63, 3.8) is 0 Å². The number of piperidine rings is 1. The lowest BCUT2D eigenvalue weighted by Gasteiger charge is -2.27. The Hall–Kier alpha value is -2.53. The number of hydrogen-bond acceptors (Lipinski definition) is 3. The van der Waals surface area contributed by atoms with Gasteiger partial charge in [-0.05, 0) is 55.5 Å². The van der Waals surface area contributed by atoms with Crippen LogP contribution >= 0.6 is 11.6 Å². The summed E-state index contributed by atoms with van der Waals surface area (Å²) in [5, 5.41) is 3.33. The zero-order chi connectivity index (χ0) is 19.2. The smallest absolute Gasteiger partial charge is 0.255 e. The summed E-state index contributed by atoms with van der Waals surface area (Å²) < 4.78 is 0. The van der Waals surface area contributed by atoms with Crippen molar-refractivity contribution < 1.29 is 9.59 Å². The molecule has 0 aromatic heterocycles. The number of benzene rings is 2. The topological polar surface area (TPSA) is 75.4 Å². The predicted molar refractivity (Wildman–Crippen MR) is 109 cm³/mol. The van der Waals surface area contributed by atoms with Gasteiger partial charge < -0.3 is 16.0 Å². The second kappa shape index (κ2) is 8.91. The molecule has 1 aliphatic heterocycles. The van der Waals surface area contributed by atoms with E-state index in [9.17, 15) is 9.59 Å². The number of amides is 2. The van der Waals surface area contributed by atoms with Gasteiger partial charge in [-0.2, -0.15) is 0 Å². The normalized spacial score (nSPS) is 14.0. The fourth-order valence-electron chi connectivity index (χ4n) is 3.30. The highest BCUT2D eigenvalue weighted by atomic mass is 35.5. The molecule has 1 fully saturated rings. The summed E-state index contributed by atoms with van der Waals surface area (Å²) in [6.45, 7) is 1.50. The summed E-state index contributed by atoms with van der Waals surface area (Å²) in [5.74, 6) is -0.234. The minimum absolute atomic E-state index is 0.0611. The van der Waals surface area contributed by atoms with E-state index in [0.717, 1.165) is 37.9 Å². The molecule has 5 nitrogen and oxygen atoms in total. The van der Waals surface area contributed by atoms with Gasteiger partial charge in [-0.25, -0.2) is 0 Å². The van der Waals surface area contributed by atoms with Gasteiger partial charge in [-0.3, -0.25) is 9.59 Å². The molecule has 3 rings (SSSR count). The van der Waals surface area contributed by atoms with Gasteiger partial charge in [0.25, 0.3) is 5.91 Å². The molecule has 2 aromatic rings. The van der Waals surface area contributed by atoms with Crippen molar-refractivity contribution >= 4 is 34.8 Å². The van der Waals surface area contributed by atoms with Crippen molar-refractivity contribution in [2.24, 2.45) is 0 Å². The van der Waals surface area contributed by atoms with E-state index in [-0.39, 0.29) is 18.2 Å². The highest BCUT2D eigenvalue weighted by molar-refractivity contribution is 6.31. The minimum atomic E-state index is -0.173. The van der Waals surface area contributed by atoms with Gasteiger partial charge >= 0.3 is 0 Å². The quantitative estimate of drug-likeness (QED) is 0.760. The molecule has 0 radical (unpaired) electrons. The second-order valence-corrected chi connectivity index (χ2v) is 7.23. The lowest BCUT2D eigenvalue weighted by Crippen LogP contribution is -2.36. The van der Waals surface area contributed by atoms with Crippen molar-refractivity contribution in [1.29, 1.82) is 0 Å². The van der Waals surface area contributed by atoms with Crippen LogP contribution < -0.4 is 11.1 Å². The largest absolute Gasteiger partial charge is 0.399 e. The van der Waals surface area contributed by atoms with E-state index in [1.54, 1.807) is 18.2 Å². The molecular formula is C21H24ClN3O2. The van der Waals surface area contributed by atoms with Crippen molar-refractivity contribution in [1.82, 2.24) is 4.90 Å². The third-order valence-corrected chi connectivity index (χ3v) is 5.04. The van der Waals surface area contributed by atoms with E-state index in [1.807, 2.05) is 29.2 Å². The average Bonchev–Trinajstić information content (AvgIpc) is 2.68. The molecule has 0 saturated carbocycles. The summed E-state index contributed by atoms with van der Waals surface area (Å²) in [7, 11) is 0. The Labute approximate surface area is 164 Å². The number of para-hydroxylation sites is 1. The first-order chi connectivity index (χ1) is 13.0. The van der Waals surface area contributed by atoms with Crippen LogP contribution in [0, 0.1) is 0 Å². The number of carbonyl (C=O) groups is 2. The summed E-state index contributed by atoms with van der Waals surface area (Å²) in [6, 6.07) is 12.5. The number of halogens is 1. The number of aryl methyl sites for hydroxylation is 1. The first kappa shape index (κ1) is 19.2. The molecule has 2 aromatic carbocycles. The molecular weight excluding hydrogens is 362 g/mol. The summed E-state index contributed by atoms with van der Waals surface area (Å²) in [6.07, 6.45) is 3.99. The summed E-state index contributed by atoms with van der Waals surface area (Å²) in [5.41, 5.74) is 8.48. The van der Waals surface area contributed by atoms with Crippen LogP contribution in [0.3, 0.4) is 0 Å². The molecule has 1 saturated heterocycles.